The summed E-state index contributed by atoms with van der Waals surface area (Å²) in [4.78, 5) is 11.9. The van der Waals surface area contributed by atoms with Crippen LogP contribution in [0.1, 0.15) is 30.6 Å². The Balaban J connectivity index is 2.47. The smallest absolute Gasteiger partial charge is 0.309 e. The first-order valence-electron chi connectivity index (χ1n) is 6.96. The molecule has 0 aliphatic carbocycles. The molecule has 1 aromatic rings. The van der Waals surface area contributed by atoms with Crippen LogP contribution in [-0.4, -0.2) is 42.1 Å². The van der Waals surface area contributed by atoms with Crippen LogP contribution in [-0.2, 0) is 13.6 Å². The number of carbonyl (C=O) groups excluding carboxylic acids is 1. The van der Waals surface area contributed by atoms with Gasteiger partial charge in [-0.1, -0.05) is 18.2 Å². The molecule has 0 heterocycles. The fourth-order valence-corrected chi connectivity index (χ4v) is 3.45. The molecule has 7 heteroatoms. The average Bonchev–Trinajstić information content (AvgIpc) is 2.47. The van der Waals surface area contributed by atoms with Gasteiger partial charge in [0.15, 0.2) is 0 Å². The first-order valence-corrected chi connectivity index (χ1v) is 8.69. The van der Waals surface area contributed by atoms with Crippen molar-refractivity contribution in [2.24, 2.45) is 0 Å². The summed E-state index contributed by atoms with van der Waals surface area (Å²) in [6.45, 7) is 4.13. The summed E-state index contributed by atoms with van der Waals surface area (Å²) in [6, 6.07) is 8.48. The molecule has 0 saturated heterocycles. The Labute approximate surface area is 125 Å². The van der Waals surface area contributed by atoms with Crippen molar-refractivity contribution in [2.75, 3.05) is 25.9 Å². The lowest BCUT2D eigenvalue weighted by atomic mass is 10.2. The van der Waals surface area contributed by atoms with Gasteiger partial charge in [0, 0.05) is 12.1 Å². The van der Waals surface area contributed by atoms with E-state index >= 15 is 0 Å². The van der Waals surface area contributed by atoms with E-state index in [9.17, 15) is 14.6 Å². The summed E-state index contributed by atoms with van der Waals surface area (Å²) in [7, 11) is -3.13. The Bertz CT molecular complexity index is 470. The van der Waals surface area contributed by atoms with Gasteiger partial charge in [-0.15, -0.1) is 0 Å². The van der Waals surface area contributed by atoms with Crippen molar-refractivity contribution in [3.8, 4) is 0 Å². The Morgan fingerprint density at radius 1 is 1.19 bits per heavy atom. The normalized spacial score (nSPS) is 11.4. The Morgan fingerprint density at radius 3 is 2.29 bits per heavy atom. The van der Waals surface area contributed by atoms with Crippen molar-refractivity contribution in [1.29, 1.82) is 0 Å². The molecule has 0 saturated carbocycles. The molecule has 0 aliphatic heterocycles. The van der Waals surface area contributed by atoms with Gasteiger partial charge >= 0.3 is 7.60 Å². The number of benzene rings is 1. The fourth-order valence-electron chi connectivity index (χ4n) is 1.81. The van der Waals surface area contributed by atoms with Gasteiger partial charge < -0.3 is 9.05 Å². The van der Waals surface area contributed by atoms with Crippen molar-refractivity contribution in [3.63, 3.8) is 0 Å². The predicted octanol–water partition coefficient (Wildman–Crippen LogP) is 3.17. The van der Waals surface area contributed by atoms with E-state index in [4.69, 9.17) is 9.05 Å². The monoisotopic (exact) mass is 315 g/mol. The Morgan fingerprint density at radius 2 is 1.76 bits per heavy atom. The van der Waals surface area contributed by atoms with E-state index in [0.29, 0.717) is 30.3 Å². The van der Waals surface area contributed by atoms with Crippen molar-refractivity contribution in [1.82, 2.24) is 5.06 Å². The standard InChI is InChI=1S/C14H22NO5P/c1-3-19-21(18,20-4-2)12-8-11-15(17)14(16)13-9-6-5-7-10-13/h5-7,9-10,17H,3-4,8,11-12H2,1-2H3. The van der Waals surface area contributed by atoms with E-state index in [1.54, 1.807) is 44.2 Å². The third kappa shape index (κ3) is 5.98. The van der Waals surface area contributed by atoms with Gasteiger partial charge in [0.05, 0.1) is 19.4 Å². The topological polar surface area (TPSA) is 76.1 Å². The predicted molar refractivity (Wildman–Crippen MR) is 79.6 cm³/mol. The van der Waals surface area contributed by atoms with Crippen LogP contribution < -0.4 is 0 Å². The molecule has 1 amide bonds. The third-order valence-corrected chi connectivity index (χ3v) is 4.88. The molecule has 1 N–H and O–H groups in total. The molecule has 118 valence electrons. The summed E-state index contributed by atoms with van der Waals surface area (Å²) in [5, 5.41) is 10.4. The SMILES string of the molecule is CCOP(=O)(CCCN(O)C(=O)c1ccccc1)OCC. The molecule has 0 fully saturated rings. The molecule has 0 aromatic heterocycles. The van der Waals surface area contributed by atoms with Gasteiger partial charge in [0.2, 0.25) is 0 Å². The van der Waals surface area contributed by atoms with E-state index in [-0.39, 0.29) is 12.7 Å². The molecule has 0 radical (unpaired) electrons. The minimum absolute atomic E-state index is 0.0673. The van der Waals surface area contributed by atoms with Gasteiger partial charge in [-0.3, -0.25) is 14.6 Å². The van der Waals surface area contributed by atoms with Gasteiger partial charge in [-0.2, -0.15) is 0 Å². The second kappa shape index (κ2) is 8.95. The van der Waals surface area contributed by atoms with Crippen LogP contribution in [0.3, 0.4) is 0 Å². The number of rotatable bonds is 9. The van der Waals surface area contributed by atoms with E-state index in [1.165, 1.54) is 0 Å². The molecule has 0 atom stereocenters. The van der Waals surface area contributed by atoms with E-state index in [2.05, 4.69) is 0 Å². The van der Waals surface area contributed by atoms with Crippen molar-refractivity contribution < 1.29 is 23.6 Å². The zero-order chi connectivity index (χ0) is 15.7. The lowest BCUT2D eigenvalue weighted by molar-refractivity contribution is -0.0578. The largest absolute Gasteiger partial charge is 0.330 e. The Hall–Kier alpha value is -1.20. The zero-order valence-corrected chi connectivity index (χ0v) is 13.3. The molecule has 0 bridgehead atoms. The lowest BCUT2D eigenvalue weighted by Crippen LogP contribution is -2.29. The van der Waals surface area contributed by atoms with Crippen LogP contribution in [0.25, 0.3) is 0 Å². The molecular weight excluding hydrogens is 293 g/mol. The lowest BCUT2D eigenvalue weighted by Gasteiger charge is -2.19. The first kappa shape index (κ1) is 17.9. The van der Waals surface area contributed by atoms with Crippen LogP contribution in [0.2, 0.25) is 0 Å². The van der Waals surface area contributed by atoms with Crippen LogP contribution in [0, 0.1) is 0 Å². The highest BCUT2D eigenvalue weighted by atomic mass is 31.2. The number of amides is 1. The van der Waals surface area contributed by atoms with Gasteiger partial charge in [-0.25, -0.2) is 5.06 Å². The van der Waals surface area contributed by atoms with Gasteiger partial charge in [0.25, 0.3) is 5.91 Å². The van der Waals surface area contributed by atoms with Crippen molar-refractivity contribution >= 4 is 13.5 Å². The molecule has 21 heavy (non-hydrogen) atoms. The Kier molecular flexibility index (Phi) is 7.61. The van der Waals surface area contributed by atoms with Crippen LogP contribution >= 0.6 is 7.60 Å². The summed E-state index contributed by atoms with van der Waals surface area (Å²) in [6.07, 6.45) is 0.486. The zero-order valence-electron chi connectivity index (χ0n) is 12.4. The van der Waals surface area contributed by atoms with E-state index < -0.39 is 13.5 Å². The quantitative estimate of drug-likeness (QED) is 0.430. The molecule has 0 aliphatic rings. The van der Waals surface area contributed by atoms with Crippen LogP contribution in [0.15, 0.2) is 30.3 Å². The maximum Gasteiger partial charge on any atom is 0.330 e. The maximum atomic E-state index is 12.2. The van der Waals surface area contributed by atoms with Crippen LogP contribution in [0.4, 0.5) is 0 Å². The second-order valence-corrected chi connectivity index (χ2v) is 6.50. The third-order valence-electron chi connectivity index (χ3n) is 2.71. The van der Waals surface area contributed by atoms with E-state index in [1.807, 2.05) is 0 Å². The van der Waals surface area contributed by atoms with Crippen molar-refractivity contribution in [2.45, 2.75) is 20.3 Å². The summed E-state index contributed by atoms with van der Waals surface area (Å²) in [5.41, 5.74) is 0.401. The second-order valence-electron chi connectivity index (χ2n) is 4.32. The van der Waals surface area contributed by atoms with Crippen molar-refractivity contribution in [3.05, 3.63) is 35.9 Å². The summed E-state index contributed by atoms with van der Waals surface area (Å²) < 4.78 is 22.5. The minimum atomic E-state index is -3.13. The van der Waals surface area contributed by atoms with Gasteiger partial charge in [0.1, 0.15) is 0 Å². The number of nitrogens with zero attached hydrogens (tertiary/aromatic N) is 1. The highest BCUT2D eigenvalue weighted by Crippen LogP contribution is 2.48. The summed E-state index contributed by atoms with van der Waals surface area (Å²) in [5.74, 6) is -0.488. The fraction of sp³-hybridized carbons (Fsp3) is 0.500. The first-order chi connectivity index (χ1) is 10.0. The molecule has 1 aromatic carbocycles. The summed E-state index contributed by atoms with van der Waals surface area (Å²) >= 11 is 0. The minimum Gasteiger partial charge on any atom is -0.309 e. The molecule has 1 rings (SSSR count). The maximum absolute atomic E-state index is 12.2. The highest BCUT2D eigenvalue weighted by Gasteiger charge is 2.23. The number of carbonyl (C=O) groups is 1. The average molecular weight is 315 g/mol. The molecular formula is C14H22NO5P. The highest BCUT2D eigenvalue weighted by molar-refractivity contribution is 7.53. The number of hydroxylamine groups is 2. The molecule has 0 spiro atoms. The number of hydrogen-bond donors (Lipinski definition) is 1. The molecule has 6 nitrogen and oxygen atoms in total. The van der Waals surface area contributed by atoms with Gasteiger partial charge in [-0.05, 0) is 32.4 Å². The molecule has 0 unspecified atom stereocenters. The van der Waals surface area contributed by atoms with E-state index in [0.717, 1.165) is 0 Å². The van der Waals surface area contributed by atoms with Crippen LogP contribution in [0.5, 0.6) is 0 Å². The number of hydrogen-bond acceptors (Lipinski definition) is 5.